The van der Waals surface area contributed by atoms with E-state index in [0.29, 0.717) is 30.6 Å². The number of hydrogen-bond acceptors (Lipinski definition) is 5. The van der Waals surface area contributed by atoms with Gasteiger partial charge in [0.25, 0.3) is 0 Å². The number of ketones is 2. The van der Waals surface area contributed by atoms with E-state index in [1.165, 1.54) is 56.1 Å². The second-order valence-corrected chi connectivity index (χ2v) is 13.7. The van der Waals surface area contributed by atoms with Gasteiger partial charge in [-0.25, -0.2) is 10.4 Å². The summed E-state index contributed by atoms with van der Waals surface area (Å²) in [7, 11) is 0. The minimum absolute atomic E-state index is 0.00540. The highest BCUT2D eigenvalue weighted by atomic mass is 16.1. The van der Waals surface area contributed by atoms with Crippen molar-refractivity contribution in [1.29, 1.82) is 0 Å². The molecule has 0 spiro atoms. The number of nitrogens with zero attached hydrogens (tertiary/aromatic N) is 1. The number of carbonyl (C=O) groups is 2. The highest BCUT2D eigenvalue weighted by Gasteiger charge is 2.49. The Hall–Kier alpha value is -2.50. The van der Waals surface area contributed by atoms with Crippen LogP contribution in [0.3, 0.4) is 0 Å². The first-order chi connectivity index (χ1) is 20.4. The van der Waals surface area contributed by atoms with Crippen LogP contribution in [-0.2, 0) is 16.1 Å². The van der Waals surface area contributed by atoms with E-state index in [-0.39, 0.29) is 35.7 Å². The molecule has 2 aliphatic carbocycles. The lowest BCUT2D eigenvalue weighted by Crippen LogP contribution is -2.45. The van der Waals surface area contributed by atoms with Crippen LogP contribution >= 0.6 is 0 Å². The maximum absolute atomic E-state index is 13.9. The fourth-order valence-electron chi connectivity index (χ4n) is 7.66. The van der Waals surface area contributed by atoms with Gasteiger partial charge in [-0.05, 0) is 67.2 Å². The third-order valence-corrected chi connectivity index (χ3v) is 10.2. The highest BCUT2D eigenvalue weighted by molar-refractivity contribution is 5.92. The first-order valence-corrected chi connectivity index (χ1v) is 16.9. The Balaban J connectivity index is 1.38. The molecule has 1 saturated heterocycles. The predicted molar refractivity (Wildman–Crippen MR) is 172 cm³/mol. The van der Waals surface area contributed by atoms with E-state index in [4.69, 9.17) is 0 Å². The number of carbonyl (C=O) groups excluding carboxylic acids is 2. The molecule has 0 bridgehead atoms. The summed E-state index contributed by atoms with van der Waals surface area (Å²) in [6, 6.07) is 19.5. The van der Waals surface area contributed by atoms with Gasteiger partial charge >= 0.3 is 0 Å². The van der Waals surface area contributed by atoms with Gasteiger partial charge in [0, 0.05) is 36.5 Å². The van der Waals surface area contributed by atoms with Crippen molar-refractivity contribution in [3.8, 4) is 0 Å². The number of nitrogens with one attached hydrogen (secondary N) is 2. The van der Waals surface area contributed by atoms with E-state index in [1.807, 2.05) is 18.2 Å². The summed E-state index contributed by atoms with van der Waals surface area (Å²) < 4.78 is 0. The Kier molecular flexibility index (Phi) is 10.9. The molecule has 2 saturated carbocycles. The molecule has 5 atom stereocenters. The molecular formula is C37H53N3O2. The molecule has 5 heteroatoms. The van der Waals surface area contributed by atoms with Crippen LogP contribution in [-0.4, -0.2) is 28.8 Å². The molecule has 3 aliphatic rings. The summed E-state index contributed by atoms with van der Waals surface area (Å²) in [4.78, 5) is 27.6. The first-order valence-electron chi connectivity index (χ1n) is 16.9. The molecule has 1 aliphatic heterocycles. The number of benzene rings is 2. The second kappa shape index (κ2) is 14.8. The lowest BCUT2D eigenvalue weighted by molar-refractivity contribution is -0.135. The van der Waals surface area contributed by atoms with Crippen molar-refractivity contribution in [2.75, 3.05) is 5.32 Å². The number of hydrogen-bond donors (Lipinski definition) is 2. The number of anilines is 1. The maximum Gasteiger partial charge on any atom is 0.141 e. The van der Waals surface area contributed by atoms with Crippen molar-refractivity contribution in [2.24, 2.45) is 23.7 Å². The quantitative estimate of drug-likeness (QED) is 0.317. The Labute approximate surface area is 254 Å². The molecule has 0 aromatic heterocycles. The summed E-state index contributed by atoms with van der Waals surface area (Å²) >= 11 is 0. The first kappa shape index (κ1) is 30.9. The maximum atomic E-state index is 13.9. The zero-order chi connectivity index (χ0) is 29.5. The van der Waals surface area contributed by atoms with E-state index in [0.717, 1.165) is 31.4 Å². The van der Waals surface area contributed by atoms with E-state index < -0.39 is 0 Å². The summed E-state index contributed by atoms with van der Waals surface area (Å²) in [6.07, 6.45) is 13.0. The van der Waals surface area contributed by atoms with Crippen LogP contribution in [0.2, 0.25) is 0 Å². The highest BCUT2D eigenvalue weighted by Crippen LogP contribution is 2.37. The van der Waals surface area contributed by atoms with Gasteiger partial charge in [-0.15, -0.1) is 0 Å². The van der Waals surface area contributed by atoms with E-state index in [2.05, 4.69) is 72.9 Å². The Morgan fingerprint density at radius 2 is 1.60 bits per heavy atom. The van der Waals surface area contributed by atoms with Crippen LogP contribution in [0.15, 0.2) is 54.6 Å². The summed E-state index contributed by atoms with van der Waals surface area (Å²) in [5.74, 6) is 1.40. The van der Waals surface area contributed by atoms with Gasteiger partial charge in [0.2, 0.25) is 0 Å². The molecule has 42 heavy (non-hydrogen) atoms. The van der Waals surface area contributed by atoms with Crippen molar-refractivity contribution in [1.82, 2.24) is 10.4 Å². The van der Waals surface area contributed by atoms with Gasteiger partial charge in [-0.3, -0.25) is 9.59 Å². The Morgan fingerprint density at radius 3 is 2.26 bits per heavy atom. The van der Waals surface area contributed by atoms with Crippen LogP contribution in [0.1, 0.15) is 115 Å². The van der Waals surface area contributed by atoms with Crippen molar-refractivity contribution >= 4 is 17.3 Å². The van der Waals surface area contributed by atoms with Gasteiger partial charge in [0.15, 0.2) is 0 Å². The van der Waals surface area contributed by atoms with Crippen molar-refractivity contribution in [2.45, 2.75) is 122 Å². The van der Waals surface area contributed by atoms with E-state index in [1.54, 1.807) is 0 Å². The summed E-state index contributed by atoms with van der Waals surface area (Å²) in [5.41, 5.74) is 7.51. The van der Waals surface area contributed by atoms with Crippen LogP contribution in [0, 0.1) is 23.7 Å². The lowest BCUT2D eigenvalue weighted by atomic mass is 9.73. The smallest absolute Gasteiger partial charge is 0.141 e. The monoisotopic (exact) mass is 571 g/mol. The SMILES string of the molecule is CCC1CC(=O)C2C(CC(CCC(C)C)C1=O)NN(Cc1ccc(C3CCCCCCC3)cc1)C2Nc1ccccc1. The molecule has 5 nitrogen and oxygen atoms in total. The number of hydrazine groups is 1. The molecule has 2 aromatic rings. The third kappa shape index (κ3) is 7.71. The van der Waals surface area contributed by atoms with Gasteiger partial charge in [0.05, 0.1) is 5.92 Å². The molecule has 0 radical (unpaired) electrons. The fourth-order valence-corrected chi connectivity index (χ4v) is 7.66. The topological polar surface area (TPSA) is 61.4 Å². The second-order valence-electron chi connectivity index (χ2n) is 13.7. The average Bonchev–Trinajstić information content (AvgIpc) is 3.29. The van der Waals surface area contributed by atoms with Gasteiger partial charge in [-0.2, -0.15) is 0 Å². The largest absolute Gasteiger partial charge is 0.368 e. The molecule has 0 amide bonds. The summed E-state index contributed by atoms with van der Waals surface area (Å²) in [5, 5.41) is 5.98. The average molecular weight is 572 g/mol. The molecule has 1 heterocycles. The van der Waals surface area contributed by atoms with Crippen molar-refractivity contribution in [3.05, 3.63) is 65.7 Å². The molecule has 5 unspecified atom stereocenters. The zero-order valence-corrected chi connectivity index (χ0v) is 26.2. The molecule has 228 valence electrons. The van der Waals surface area contributed by atoms with Gasteiger partial charge in [-0.1, -0.05) is 102 Å². The van der Waals surface area contributed by atoms with Crippen LogP contribution in [0.4, 0.5) is 5.69 Å². The Morgan fingerprint density at radius 1 is 0.905 bits per heavy atom. The van der Waals surface area contributed by atoms with Crippen LogP contribution < -0.4 is 10.7 Å². The number of fused-ring (bicyclic) bond motifs is 1. The van der Waals surface area contributed by atoms with Crippen LogP contribution in [0.5, 0.6) is 0 Å². The van der Waals surface area contributed by atoms with E-state index in [9.17, 15) is 9.59 Å². The van der Waals surface area contributed by atoms with Crippen molar-refractivity contribution < 1.29 is 9.59 Å². The predicted octanol–water partition coefficient (Wildman–Crippen LogP) is 8.27. The standard InChI is InChI=1S/C37H53N3O2/c1-4-28-24-34(41)35-33(23-31(36(28)42)20-17-26(2)3)39-40(37(35)38-32-15-11-8-12-16-32)25-27-18-21-30(22-19-27)29-13-9-6-5-7-10-14-29/h8,11-12,15-16,18-19,21-22,26,28-29,31,33,35,37-39H,4-7,9-10,13-14,17,20,23-25H2,1-3H3. The summed E-state index contributed by atoms with van der Waals surface area (Å²) in [6.45, 7) is 7.23. The van der Waals surface area contributed by atoms with E-state index >= 15 is 0 Å². The Bertz CT molecular complexity index is 1140. The van der Waals surface area contributed by atoms with Crippen LogP contribution in [0.25, 0.3) is 0 Å². The molecule has 2 N–H and O–H groups in total. The van der Waals surface area contributed by atoms with Crippen molar-refractivity contribution in [3.63, 3.8) is 0 Å². The minimum Gasteiger partial charge on any atom is -0.368 e. The fraction of sp³-hybridized carbons (Fsp3) is 0.622. The number of Topliss-reactive ketones (excluding diaryl/α,β-unsaturated/α-hetero) is 2. The normalized spacial score (nSPS) is 28.1. The number of rotatable bonds is 9. The van der Waals surface area contributed by atoms with Gasteiger partial charge in [0.1, 0.15) is 17.7 Å². The molecular weight excluding hydrogens is 518 g/mol. The minimum atomic E-state index is -0.205. The third-order valence-electron chi connectivity index (χ3n) is 10.2. The zero-order valence-electron chi connectivity index (χ0n) is 26.2. The molecule has 3 fully saturated rings. The van der Waals surface area contributed by atoms with Gasteiger partial charge < -0.3 is 5.32 Å². The molecule has 2 aromatic carbocycles. The number of para-hydroxylation sites is 1. The molecule has 5 rings (SSSR count). The lowest BCUT2D eigenvalue weighted by Gasteiger charge is -2.32.